The van der Waals surface area contributed by atoms with Crippen LogP contribution in [0.1, 0.15) is 26.3 Å². The molecular weight excluding hydrogens is 523 g/mol. The maximum Gasteiger partial charge on any atom is 0.323 e. The van der Waals surface area contributed by atoms with Crippen molar-refractivity contribution in [1.82, 2.24) is 24.5 Å². The van der Waals surface area contributed by atoms with Crippen molar-refractivity contribution >= 4 is 17.4 Å². The number of carbonyl (C=O) groups excluding carboxylic acids is 1. The number of rotatable bonds is 6. The highest BCUT2D eigenvalue weighted by atomic mass is 19.1. The van der Waals surface area contributed by atoms with Gasteiger partial charge in [0.2, 0.25) is 0 Å². The minimum Gasteiger partial charge on any atom is -0.457 e. The Kier molecular flexibility index (Phi) is 7.22. The van der Waals surface area contributed by atoms with Crippen LogP contribution in [0.4, 0.5) is 20.6 Å². The van der Waals surface area contributed by atoms with Crippen molar-refractivity contribution in [3.05, 3.63) is 90.8 Å². The molecule has 0 spiro atoms. The number of carbonyl (C=O) groups is 1. The summed E-state index contributed by atoms with van der Waals surface area (Å²) in [5.74, 6) is 0.0509. The second-order valence-electron chi connectivity index (χ2n) is 10.3. The van der Waals surface area contributed by atoms with E-state index in [0.29, 0.717) is 34.0 Å². The average Bonchev–Trinajstić information content (AvgIpc) is 3.57. The van der Waals surface area contributed by atoms with Crippen molar-refractivity contribution in [2.75, 3.05) is 10.6 Å². The molecule has 5 rings (SSSR count). The number of amides is 2. The van der Waals surface area contributed by atoms with Crippen LogP contribution < -0.4 is 15.4 Å². The van der Waals surface area contributed by atoms with Crippen LogP contribution in [0.3, 0.4) is 0 Å². The average molecular weight is 551 g/mol. The van der Waals surface area contributed by atoms with E-state index < -0.39 is 11.8 Å². The van der Waals surface area contributed by atoms with Crippen LogP contribution >= 0.6 is 0 Å². The predicted octanol–water partition coefficient (Wildman–Crippen LogP) is 6.55. The number of halogens is 1. The van der Waals surface area contributed by atoms with Crippen molar-refractivity contribution in [2.45, 2.75) is 26.3 Å². The molecule has 0 aliphatic heterocycles. The molecule has 0 aliphatic carbocycles. The maximum absolute atomic E-state index is 15.0. The summed E-state index contributed by atoms with van der Waals surface area (Å²) in [5.41, 5.74) is 3.12. The van der Waals surface area contributed by atoms with E-state index in [1.54, 1.807) is 70.4 Å². The highest BCUT2D eigenvalue weighted by Gasteiger charge is 2.21. The Hall–Kier alpha value is -5.50. The summed E-state index contributed by atoms with van der Waals surface area (Å²) in [4.78, 5) is 17.3. The molecule has 0 fully saturated rings. The van der Waals surface area contributed by atoms with Crippen molar-refractivity contribution < 1.29 is 13.9 Å². The number of pyridine rings is 1. The lowest BCUT2D eigenvalue weighted by Crippen LogP contribution is -2.22. The molecule has 0 unspecified atom stereocenters. The minimum atomic E-state index is -0.675. The number of hydrogen-bond acceptors (Lipinski definition) is 6. The number of aromatic nitrogens is 5. The van der Waals surface area contributed by atoms with Crippen molar-refractivity contribution in [2.24, 2.45) is 7.05 Å². The number of anilines is 2. The van der Waals surface area contributed by atoms with Crippen LogP contribution in [-0.4, -0.2) is 30.6 Å². The first-order chi connectivity index (χ1) is 19.6. The molecule has 0 saturated carbocycles. The van der Waals surface area contributed by atoms with Gasteiger partial charge in [0.15, 0.2) is 0 Å². The van der Waals surface area contributed by atoms with Gasteiger partial charge in [-0.05, 0) is 51.1 Å². The van der Waals surface area contributed by atoms with Crippen molar-refractivity contribution in [3.8, 4) is 40.1 Å². The highest BCUT2D eigenvalue weighted by Crippen LogP contribution is 2.31. The molecule has 5 aromatic rings. The van der Waals surface area contributed by atoms with Crippen LogP contribution in [0.5, 0.6) is 11.5 Å². The molecule has 0 atom stereocenters. The third kappa shape index (κ3) is 6.23. The van der Waals surface area contributed by atoms with E-state index in [4.69, 9.17) is 4.74 Å². The fourth-order valence-corrected chi connectivity index (χ4v) is 4.02. The lowest BCUT2D eigenvalue weighted by molar-refractivity contribution is 0.262. The molecule has 3 heterocycles. The first-order valence-electron chi connectivity index (χ1n) is 12.7. The van der Waals surface area contributed by atoms with Crippen LogP contribution in [0.2, 0.25) is 0 Å². The van der Waals surface area contributed by atoms with E-state index in [9.17, 15) is 14.4 Å². The van der Waals surface area contributed by atoms with Crippen LogP contribution in [0, 0.1) is 17.1 Å². The molecule has 10 nitrogen and oxygen atoms in total. The molecular formula is C30H27FN8O2. The van der Waals surface area contributed by atoms with E-state index in [-0.39, 0.29) is 17.0 Å². The maximum atomic E-state index is 15.0. The van der Waals surface area contributed by atoms with Crippen LogP contribution in [-0.2, 0) is 12.6 Å². The van der Waals surface area contributed by atoms with E-state index in [1.807, 2.05) is 34.0 Å². The molecule has 2 aromatic carbocycles. The Morgan fingerprint density at radius 3 is 2.49 bits per heavy atom. The Morgan fingerprint density at radius 1 is 1.00 bits per heavy atom. The fourth-order valence-electron chi connectivity index (χ4n) is 4.02. The number of nitriles is 1. The number of nitrogens with zero attached hydrogens (tertiary/aromatic N) is 6. The number of hydrogen-bond donors (Lipinski definition) is 2. The van der Waals surface area contributed by atoms with Gasteiger partial charge in [-0.25, -0.2) is 9.18 Å². The molecule has 3 aromatic heterocycles. The summed E-state index contributed by atoms with van der Waals surface area (Å²) in [6.45, 7) is 5.93. The minimum absolute atomic E-state index is 0.0307. The van der Waals surface area contributed by atoms with Gasteiger partial charge < -0.3 is 15.4 Å². The molecule has 206 valence electrons. The normalized spacial score (nSPS) is 11.1. The lowest BCUT2D eigenvalue weighted by atomic mass is 10.1. The molecule has 2 amide bonds. The van der Waals surface area contributed by atoms with Crippen LogP contribution in [0.15, 0.2) is 79.4 Å². The zero-order valence-corrected chi connectivity index (χ0v) is 22.9. The van der Waals surface area contributed by atoms with Crippen LogP contribution in [0.25, 0.3) is 22.5 Å². The quantitative estimate of drug-likeness (QED) is 0.247. The Labute approximate surface area is 236 Å². The summed E-state index contributed by atoms with van der Waals surface area (Å²) < 4.78 is 24.2. The van der Waals surface area contributed by atoms with Crippen molar-refractivity contribution in [3.63, 3.8) is 0 Å². The van der Waals surface area contributed by atoms with E-state index in [0.717, 1.165) is 5.56 Å². The SMILES string of the molecule is Cn1cc(-c2cc(Oc3ccc(NC(=O)Nc4cn(C(C)(C)C)nc4-c4cccc(C#N)c4)c(F)c3)ccn2)cn1. The number of urea groups is 1. The van der Waals surface area contributed by atoms with E-state index in [2.05, 4.69) is 31.9 Å². The number of nitrogens with one attached hydrogen (secondary N) is 2. The summed E-state index contributed by atoms with van der Waals surface area (Å²) in [6, 6.07) is 16.0. The van der Waals surface area contributed by atoms with Gasteiger partial charge in [0.05, 0.1) is 40.4 Å². The third-order valence-corrected chi connectivity index (χ3v) is 6.07. The third-order valence-electron chi connectivity index (χ3n) is 6.07. The first-order valence-corrected chi connectivity index (χ1v) is 12.7. The van der Waals surface area contributed by atoms with Gasteiger partial charge in [-0.1, -0.05) is 12.1 Å². The summed E-state index contributed by atoms with van der Waals surface area (Å²) in [5, 5.41) is 23.4. The summed E-state index contributed by atoms with van der Waals surface area (Å²) in [6.07, 6.45) is 6.83. The molecule has 0 aliphatic rings. The Morgan fingerprint density at radius 2 is 1.78 bits per heavy atom. The zero-order valence-electron chi connectivity index (χ0n) is 22.9. The number of benzene rings is 2. The van der Waals surface area contributed by atoms with Gasteiger partial charge in [-0.2, -0.15) is 15.5 Å². The van der Waals surface area contributed by atoms with E-state index >= 15 is 0 Å². The largest absolute Gasteiger partial charge is 0.457 e. The fraction of sp³-hybridized carbons (Fsp3) is 0.167. The van der Waals surface area contributed by atoms with Gasteiger partial charge in [0.1, 0.15) is 23.0 Å². The zero-order chi connectivity index (χ0) is 29.1. The molecule has 11 heteroatoms. The lowest BCUT2D eigenvalue weighted by Gasteiger charge is -2.18. The molecule has 0 bridgehead atoms. The molecule has 41 heavy (non-hydrogen) atoms. The molecule has 0 radical (unpaired) electrons. The smallest absolute Gasteiger partial charge is 0.323 e. The van der Waals surface area contributed by atoms with Gasteiger partial charge in [-0.3, -0.25) is 14.3 Å². The Bertz CT molecular complexity index is 1780. The van der Waals surface area contributed by atoms with Gasteiger partial charge >= 0.3 is 6.03 Å². The first kappa shape index (κ1) is 27.1. The highest BCUT2D eigenvalue weighted by molar-refractivity contribution is 6.02. The van der Waals surface area contributed by atoms with Crippen molar-refractivity contribution in [1.29, 1.82) is 5.26 Å². The monoisotopic (exact) mass is 550 g/mol. The number of ether oxygens (including phenoxy) is 1. The standard InChI is InChI=1S/C30H27FN8O2/c1-30(2,3)39-18-27(28(37-39)20-7-5-6-19(12-20)15-32)36-29(40)35-25-9-8-22(13-24(25)31)41-23-10-11-33-26(14-23)21-16-34-38(4)17-21/h5-14,16-18H,1-4H3,(H2,35,36,40). The summed E-state index contributed by atoms with van der Waals surface area (Å²) in [7, 11) is 1.81. The summed E-state index contributed by atoms with van der Waals surface area (Å²) >= 11 is 0. The van der Waals surface area contributed by atoms with E-state index in [1.165, 1.54) is 12.1 Å². The molecule has 0 saturated heterocycles. The van der Waals surface area contributed by atoms with Gasteiger partial charge in [0, 0.05) is 48.9 Å². The van der Waals surface area contributed by atoms with Gasteiger partial charge in [-0.15, -0.1) is 0 Å². The van der Waals surface area contributed by atoms with Gasteiger partial charge in [0.25, 0.3) is 0 Å². The second-order valence-corrected chi connectivity index (χ2v) is 10.3. The second kappa shape index (κ2) is 10.9. The topological polar surface area (TPSA) is 123 Å². The predicted molar refractivity (Wildman–Crippen MR) is 153 cm³/mol. The molecule has 2 N–H and O–H groups in total. The number of aryl methyl sites for hydroxylation is 1. The Balaban J connectivity index is 1.32.